The smallest absolute Gasteiger partial charge is 0.227 e. The molecule has 0 spiro atoms. The van der Waals surface area contributed by atoms with E-state index in [-0.39, 0.29) is 11.9 Å². The molecule has 1 atom stereocenters. The van der Waals surface area contributed by atoms with Crippen molar-refractivity contribution in [1.29, 1.82) is 5.26 Å². The summed E-state index contributed by atoms with van der Waals surface area (Å²) in [5.74, 6) is 0.0507. The molecule has 0 aromatic heterocycles. The van der Waals surface area contributed by atoms with E-state index in [0.29, 0.717) is 12.8 Å². The zero-order chi connectivity index (χ0) is 12.8. The number of amides is 1. The molecule has 0 aliphatic heterocycles. The van der Waals surface area contributed by atoms with Crippen molar-refractivity contribution in [3.05, 3.63) is 33.4 Å². The van der Waals surface area contributed by atoms with Gasteiger partial charge in [-0.2, -0.15) is 5.26 Å². The van der Waals surface area contributed by atoms with Gasteiger partial charge in [0.25, 0.3) is 0 Å². The van der Waals surface area contributed by atoms with Crippen LogP contribution in [0.4, 0.5) is 0 Å². The van der Waals surface area contributed by atoms with Gasteiger partial charge in [-0.05, 0) is 47.2 Å². The fourth-order valence-corrected chi connectivity index (χ4v) is 2.07. The Balaban J connectivity index is 2.63. The molecule has 0 aliphatic rings. The van der Waals surface area contributed by atoms with E-state index < -0.39 is 0 Å². The van der Waals surface area contributed by atoms with Gasteiger partial charge in [0.1, 0.15) is 0 Å². The number of carbonyl (C=O) groups excluding carboxylic acids is 1. The second-order valence-corrected chi connectivity index (χ2v) is 5.27. The van der Waals surface area contributed by atoms with Crippen molar-refractivity contribution in [2.75, 3.05) is 7.05 Å². The van der Waals surface area contributed by atoms with Gasteiger partial charge in [0, 0.05) is 16.7 Å². The third-order valence-corrected chi connectivity index (χ3v) is 3.36. The fourth-order valence-electron chi connectivity index (χ4n) is 1.46. The molecule has 0 aliphatic carbocycles. The molecular formula is C13H15IN2O. The van der Waals surface area contributed by atoms with Gasteiger partial charge in [-0.3, -0.25) is 4.79 Å². The first kappa shape index (κ1) is 14.0. The van der Waals surface area contributed by atoms with Crippen molar-refractivity contribution in [2.45, 2.75) is 25.8 Å². The highest BCUT2D eigenvalue weighted by Gasteiger charge is 2.15. The van der Waals surface area contributed by atoms with Crippen LogP contribution in [0.1, 0.15) is 18.9 Å². The van der Waals surface area contributed by atoms with Crippen LogP contribution < -0.4 is 0 Å². The summed E-state index contributed by atoms with van der Waals surface area (Å²) in [5.41, 5.74) is 1.01. The number of carbonyl (C=O) groups is 1. The van der Waals surface area contributed by atoms with E-state index >= 15 is 0 Å². The van der Waals surface area contributed by atoms with Crippen molar-refractivity contribution >= 4 is 28.5 Å². The van der Waals surface area contributed by atoms with Gasteiger partial charge in [-0.1, -0.05) is 12.1 Å². The molecule has 17 heavy (non-hydrogen) atoms. The van der Waals surface area contributed by atoms with Crippen LogP contribution in [0.2, 0.25) is 0 Å². The molecule has 3 nitrogen and oxygen atoms in total. The zero-order valence-electron chi connectivity index (χ0n) is 9.98. The minimum atomic E-state index is -0.0321. The van der Waals surface area contributed by atoms with Gasteiger partial charge in [-0.25, -0.2) is 0 Å². The maximum atomic E-state index is 12.0. The van der Waals surface area contributed by atoms with Crippen LogP contribution >= 0.6 is 22.6 Å². The Bertz CT molecular complexity index is 439. The Morgan fingerprint density at radius 3 is 2.88 bits per heavy atom. The van der Waals surface area contributed by atoms with Crippen LogP contribution in [-0.2, 0) is 11.2 Å². The maximum absolute atomic E-state index is 12.0. The molecule has 0 radical (unpaired) electrons. The summed E-state index contributed by atoms with van der Waals surface area (Å²) >= 11 is 2.23. The minimum absolute atomic E-state index is 0.0321. The van der Waals surface area contributed by atoms with Crippen LogP contribution in [0.15, 0.2) is 24.3 Å². The van der Waals surface area contributed by atoms with Crippen LogP contribution in [0.3, 0.4) is 0 Å². The summed E-state index contributed by atoms with van der Waals surface area (Å²) in [6.45, 7) is 1.88. The Kier molecular flexibility index (Phi) is 5.42. The zero-order valence-corrected chi connectivity index (χ0v) is 12.1. The molecular weight excluding hydrogens is 327 g/mol. The summed E-state index contributed by atoms with van der Waals surface area (Å²) in [5, 5.41) is 8.60. The molecule has 1 rings (SSSR count). The number of hydrogen-bond acceptors (Lipinski definition) is 2. The topological polar surface area (TPSA) is 44.1 Å². The van der Waals surface area contributed by atoms with Gasteiger partial charge in [0.05, 0.1) is 18.9 Å². The highest BCUT2D eigenvalue weighted by Crippen LogP contribution is 2.10. The molecule has 0 fully saturated rings. The van der Waals surface area contributed by atoms with Crippen molar-refractivity contribution in [2.24, 2.45) is 0 Å². The molecule has 0 saturated carbocycles. The van der Waals surface area contributed by atoms with Gasteiger partial charge in [-0.15, -0.1) is 0 Å². The van der Waals surface area contributed by atoms with E-state index in [1.165, 1.54) is 0 Å². The van der Waals surface area contributed by atoms with Crippen LogP contribution in [0.5, 0.6) is 0 Å². The highest BCUT2D eigenvalue weighted by atomic mass is 127. The maximum Gasteiger partial charge on any atom is 0.227 e. The van der Waals surface area contributed by atoms with E-state index in [4.69, 9.17) is 5.26 Å². The average Bonchev–Trinajstić information content (AvgIpc) is 2.28. The number of likely N-dealkylation sites (N-methyl/N-ethyl adjacent to an activating group) is 1. The lowest BCUT2D eigenvalue weighted by atomic mass is 10.1. The number of benzene rings is 1. The van der Waals surface area contributed by atoms with Crippen molar-refractivity contribution in [3.8, 4) is 6.07 Å². The van der Waals surface area contributed by atoms with E-state index in [0.717, 1.165) is 9.13 Å². The van der Waals surface area contributed by atoms with Crippen LogP contribution in [0, 0.1) is 14.9 Å². The number of rotatable bonds is 4. The standard InChI is InChI=1S/C13H15IN2O/c1-10(6-7-15)16(2)13(17)9-11-4-3-5-12(14)8-11/h3-5,8,10H,6,9H2,1-2H3. The first-order chi connectivity index (χ1) is 8.04. The Labute approximate surface area is 116 Å². The molecule has 1 unspecified atom stereocenters. The molecule has 0 saturated heterocycles. The molecule has 1 amide bonds. The third kappa shape index (κ3) is 4.35. The van der Waals surface area contributed by atoms with Crippen LogP contribution in [0.25, 0.3) is 0 Å². The Morgan fingerprint density at radius 2 is 2.29 bits per heavy atom. The summed E-state index contributed by atoms with van der Waals surface area (Å²) in [6, 6.07) is 9.94. The first-order valence-electron chi connectivity index (χ1n) is 5.41. The molecule has 1 aromatic rings. The second kappa shape index (κ2) is 6.60. The van der Waals surface area contributed by atoms with Gasteiger partial charge in [0.2, 0.25) is 5.91 Å². The van der Waals surface area contributed by atoms with Crippen molar-refractivity contribution in [1.82, 2.24) is 4.90 Å². The summed E-state index contributed by atoms with van der Waals surface area (Å²) in [4.78, 5) is 13.6. The normalized spacial score (nSPS) is 11.6. The quantitative estimate of drug-likeness (QED) is 0.790. The van der Waals surface area contributed by atoms with E-state index in [2.05, 4.69) is 28.7 Å². The lowest BCUT2D eigenvalue weighted by Crippen LogP contribution is -2.35. The predicted molar refractivity (Wildman–Crippen MR) is 75.3 cm³/mol. The Morgan fingerprint density at radius 1 is 1.59 bits per heavy atom. The number of nitrogens with zero attached hydrogens (tertiary/aromatic N) is 2. The van der Waals surface area contributed by atoms with Crippen molar-refractivity contribution in [3.63, 3.8) is 0 Å². The third-order valence-electron chi connectivity index (χ3n) is 2.69. The summed E-state index contributed by atoms with van der Waals surface area (Å²) in [7, 11) is 1.75. The fraction of sp³-hybridized carbons (Fsp3) is 0.385. The number of hydrogen-bond donors (Lipinski definition) is 0. The van der Waals surface area contributed by atoms with Crippen LogP contribution in [-0.4, -0.2) is 23.9 Å². The largest absolute Gasteiger partial charge is 0.342 e. The monoisotopic (exact) mass is 342 g/mol. The lowest BCUT2D eigenvalue weighted by Gasteiger charge is -2.23. The molecule has 0 bridgehead atoms. The highest BCUT2D eigenvalue weighted by molar-refractivity contribution is 14.1. The van der Waals surface area contributed by atoms with E-state index in [1.54, 1.807) is 11.9 Å². The van der Waals surface area contributed by atoms with E-state index in [1.807, 2.05) is 31.2 Å². The SMILES string of the molecule is CC(CC#N)N(C)C(=O)Cc1cccc(I)c1. The molecule has 0 N–H and O–H groups in total. The number of halogens is 1. The molecule has 4 heteroatoms. The van der Waals surface area contributed by atoms with Crippen molar-refractivity contribution < 1.29 is 4.79 Å². The van der Waals surface area contributed by atoms with Gasteiger partial charge >= 0.3 is 0 Å². The number of nitriles is 1. The molecule has 0 heterocycles. The Hall–Kier alpha value is -1.09. The molecule has 90 valence electrons. The second-order valence-electron chi connectivity index (χ2n) is 4.02. The summed E-state index contributed by atoms with van der Waals surface area (Å²) < 4.78 is 1.13. The molecule has 1 aromatic carbocycles. The minimum Gasteiger partial charge on any atom is -0.342 e. The van der Waals surface area contributed by atoms with Gasteiger partial charge in [0.15, 0.2) is 0 Å². The van der Waals surface area contributed by atoms with E-state index in [9.17, 15) is 4.79 Å². The summed E-state index contributed by atoms with van der Waals surface area (Å²) in [6.07, 6.45) is 0.762. The van der Waals surface area contributed by atoms with Gasteiger partial charge < -0.3 is 4.90 Å². The average molecular weight is 342 g/mol. The predicted octanol–water partition coefficient (Wildman–Crippen LogP) is 2.59. The first-order valence-corrected chi connectivity index (χ1v) is 6.49. The lowest BCUT2D eigenvalue weighted by molar-refractivity contribution is -0.130.